The number of methoxy groups -OCH3 is 1. The van der Waals surface area contributed by atoms with Gasteiger partial charge in [0.15, 0.2) is 4.34 Å². The normalized spacial score (nSPS) is 10.6. The molecule has 0 atom stereocenters. The summed E-state index contributed by atoms with van der Waals surface area (Å²) in [7, 11) is 1.66. The van der Waals surface area contributed by atoms with Crippen LogP contribution in [-0.4, -0.2) is 12.1 Å². The molecule has 19 heavy (non-hydrogen) atoms. The topological polar surface area (TPSA) is 34.1 Å². The third-order valence-corrected chi connectivity index (χ3v) is 4.56. The van der Waals surface area contributed by atoms with Gasteiger partial charge in [0.2, 0.25) is 0 Å². The van der Waals surface area contributed by atoms with Crippen LogP contribution in [0.3, 0.4) is 0 Å². The molecule has 0 unspecified atom stereocenters. The van der Waals surface area contributed by atoms with Crippen LogP contribution in [0.15, 0.2) is 52.9 Å². The number of nitrogens with one attached hydrogen (secondary N) is 1. The first-order chi connectivity index (χ1) is 9.35. The molecule has 0 aliphatic rings. The third-order valence-electron chi connectivity index (χ3n) is 2.62. The molecular formula is C14H12N2OS2. The van der Waals surface area contributed by atoms with Gasteiger partial charge in [-0.3, -0.25) is 0 Å². The van der Waals surface area contributed by atoms with Crippen molar-refractivity contribution >= 4 is 39.2 Å². The molecule has 3 rings (SSSR count). The van der Waals surface area contributed by atoms with Gasteiger partial charge in [0.1, 0.15) is 5.75 Å². The molecule has 0 aliphatic carbocycles. The van der Waals surface area contributed by atoms with Crippen LogP contribution in [0.1, 0.15) is 0 Å². The Bertz CT molecular complexity index is 646. The van der Waals surface area contributed by atoms with Crippen LogP contribution >= 0.6 is 23.3 Å². The molecule has 3 aromatic rings. The average molecular weight is 288 g/mol. The van der Waals surface area contributed by atoms with Gasteiger partial charge in [0.25, 0.3) is 0 Å². The van der Waals surface area contributed by atoms with Crippen molar-refractivity contribution in [2.24, 2.45) is 0 Å². The Morgan fingerprint density at radius 3 is 2.63 bits per heavy atom. The zero-order valence-electron chi connectivity index (χ0n) is 10.3. The Hall–Kier alpha value is -1.72. The largest absolute Gasteiger partial charge is 0.497 e. The minimum atomic E-state index is 0.857. The van der Waals surface area contributed by atoms with Crippen LogP contribution in [0.25, 0.3) is 10.2 Å². The number of hydrogen-bond donors (Lipinski definition) is 1. The lowest BCUT2D eigenvalue weighted by atomic mass is 10.3. The Morgan fingerprint density at radius 2 is 1.89 bits per heavy atom. The van der Waals surface area contributed by atoms with Crippen LogP contribution in [0.4, 0.5) is 5.69 Å². The first-order valence-corrected chi connectivity index (χ1v) is 7.41. The standard InChI is InChI=1S/C14H12N2OS2/c1-17-11-8-6-10(7-9-11)16-19-14-15-12-4-2-3-5-13(12)18-14/h2-9,16H,1H3. The lowest BCUT2D eigenvalue weighted by Crippen LogP contribution is -1.87. The van der Waals surface area contributed by atoms with E-state index < -0.39 is 0 Å². The Morgan fingerprint density at radius 1 is 1.11 bits per heavy atom. The molecule has 0 spiro atoms. The minimum absolute atomic E-state index is 0.857. The van der Waals surface area contributed by atoms with Crippen LogP contribution in [-0.2, 0) is 0 Å². The summed E-state index contributed by atoms with van der Waals surface area (Å²) in [5, 5.41) is 0. The van der Waals surface area contributed by atoms with E-state index in [1.54, 1.807) is 18.4 Å². The van der Waals surface area contributed by atoms with Crippen LogP contribution in [0, 0.1) is 0 Å². The van der Waals surface area contributed by atoms with Crippen molar-refractivity contribution in [3.63, 3.8) is 0 Å². The van der Waals surface area contributed by atoms with E-state index in [4.69, 9.17) is 4.74 Å². The van der Waals surface area contributed by atoms with Crippen molar-refractivity contribution in [2.45, 2.75) is 4.34 Å². The summed E-state index contributed by atoms with van der Waals surface area (Å²) >= 11 is 3.22. The summed E-state index contributed by atoms with van der Waals surface area (Å²) in [6, 6.07) is 16.0. The van der Waals surface area contributed by atoms with E-state index in [1.807, 2.05) is 42.5 Å². The van der Waals surface area contributed by atoms with Crippen molar-refractivity contribution in [2.75, 3.05) is 11.8 Å². The zero-order valence-corrected chi connectivity index (χ0v) is 11.9. The average Bonchev–Trinajstić information content (AvgIpc) is 2.88. The fourth-order valence-corrected chi connectivity index (χ4v) is 3.40. The number of hydrogen-bond acceptors (Lipinski definition) is 5. The highest BCUT2D eigenvalue weighted by atomic mass is 32.2. The molecule has 0 bridgehead atoms. The number of para-hydroxylation sites is 1. The fraction of sp³-hybridized carbons (Fsp3) is 0.0714. The molecule has 2 aromatic carbocycles. The maximum Gasteiger partial charge on any atom is 0.171 e. The quantitative estimate of drug-likeness (QED) is 0.720. The van der Waals surface area contributed by atoms with Gasteiger partial charge in [-0.25, -0.2) is 4.98 Å². The number of nitrogens with zero attached hydrogens (tertiary/aromatic N) is 1. The van der Waals surface area contributed by atoms with E-state index in [0.29, 0.717) is 0 Å². The summed E-state index contributed by atoms with van der Waals surface area (Å²) in [6.45, 7) is 0. The van der Waals surface area contributed by atoms with E-state index in [9.17, 15) is 0 Å². The van der Waals surface area contributed by atoms with E-state index in [1.165, 1.54) is 16.6 Å². The van der Waals surface area contributed by atoms with Crippen molar-refractivity contribution in [3.05, 3.63) is 48.5 Å². The predicted octanol–water partition coefficient (Wildman–Crippen LogP) is 4.42. The smallest absolute Gasteiger partial charge is 0.171 e. The van der Waals surface area contributed by atoms with Gasteiger partial charge in [0, 0.05) is 17.6 Å². The van der Waals surface area contributed by atoms with Crippen molar-refractivity contribution in [3.8, 4) is 5.75 Å². The fourth-order valence-electron chi connectivity index (χ4n) is 1.66. The molecule has 5 heteroatoms. The summed E-state index contributed by atoms with van der Waals surface area (Å²) in [4.78, 5) is 4.56. The molecular weight excluding hydrogens is 276 g/mol. The molecule has 0 saturated heterocycles. The first-order valence-electron chi connectivity index (χ1n) is 5.77. The van der Waals surface area contributed by atoms with Gasteiger partial charge in [-0.2, -0.15) is 0 Å². The van der Waals surface area contributed by atoms with Crippen molar-refractivity contribution < 1.29 is 4.74 Å². The molecule has 3 nitrogen and oxygen atoms in total. The second-order valence-electron chi connectivity index (χ2n) is 3.88. The molecule has 1 N–H and O–H groups in total. The molecule has 0 radical (unpaired) electrons. The summed E-state index contributed by atoms with van der Waals surface area (Å²) in [5.74, 6) is 0.857. The highest BCUT2D eigenvalue weighted by Gasteiger charge is 2.03. The minimum Gasteiger partial charge on any atom is -0.497 e. The maximum atomic E-state index is 5.13. The summed E-state index contributed by atoms with van der Waals surface area (Å²) in [6.07, 6.45) is 0. The van der Waals surface area contributed by atoms with E-state index in [-0.39, 0.29) is 0 Å². The van der Waals surface area contributed by atoms with Crippen molar-refractivity contribution in [1.29, 1.82) is 0 Å². The van der Waals surface area contributed by atoms with E-state index in [0.717, 1.165) is 21.3 Å². The van der Waals surface area contributed by atoms with E-state index in [2.05, 4.69) is 15.8 Å². The highest BCUT2D eigenvalue weighted by Crippen LogP contribution is 2.30. The number of thiazole rings is 1. The van der Waals surface area contributed by atoms with Gasteiger partial charge < -0.3 is 9.46 Å². The third kappa shape index (κ3) is 2.83. The molecule has 0 aliphatic heterocycles. The monoisotopic (exact) mass is 288 g/mol. The molecule has 0 amide bonds. The molecule has 1 heterocycles. The Kier molecular flexibility index (Phi) is 3.57. The number of aromatic nitrogens is 1. The van der Waals surface area contributed by atoms with Crippen LogP contribution in [0.2, 0.25) is 0 Å². The SMILES string of the molecule is COc1ccc(NSc2nc3ccccc3s2)cc1. The van der Waals surface area contributed by atoms with Crippen LogP contribution < -0.4 is 9.46 Å². The summed E-state index contributed by atoms with van der Waals surface area (Å²) < 4.78 is 10.6. The lowest BCUT2D eigenvalue weighted by molar-refractivity contribution is 0.415. The van der Waals surface area contributed by atoms with Crippen molar-refractivity contribution in [1.82, 2.24) is 4.98 Å². The van der Waals surface area contributed by atoms with E-state index >= 15 is 0 Å². The molecule has 1 aromatic heterocycles. The number of benzene rings is 2. The van der Waals surface area contributed by atoms with Gasteiger partial charge in [-0.1, -0.05) is 12.1 Å². The molecule has 0 saturated carbocycles. The van der Waals surface area contributed by atoms with Gasteiger partial charge in [-0.05, 0) is 36.4 Å². The predicted molar refractivity (Wildman–Crippen MR) is 82.1 cm³/mol. The second-order valence-corrected chi connectivity index (χ2v) is 5.96. The summed E-state index contributed by atoms with van der Waals surface area (Å²) in [5.41, 5.74) is 2.08. The van der Waals surface area contributed by atoms with Gasteiger partial charge in [0.05, 0.1) is 17.3 Å². The highest BCUT2D eigenvalue weighted by molar-refractivity contribution is 8.02. The van der Waals surface area contributed by atoms with Gasteiger partial charge >= 0.3 is 0 Å². The Labute approximate surface area is 119 Å². The number of fused-ring (bicyclic) bond motifs is 1. The second kappa shape index (κ2) is 5.50. The molecule has 0 fully saturated rings. The lowest BCUT2D eigenvalue weighted by Gasteiger charge is -2.04. The molecule has 96 valence electrons. The van der Waals surface area contributed by atoms with Gasteiger partial charge in [-0.15, -0.1) is 11.3 Å². The zero-order chi connectivity index (χ0) is 13.1. The number of rotatable bonds is 4. The Balaban J connectivity index is 1.70. The first kappa shape index (κ1) is 12.3. The number of anilines is 1. The number of ether oxygens (including phenoxy) is 1. The maximum absolute atomic E-state index is 5.13. The van der Waals surface area contributed by atoms with Crippen LogP contribution in [0.5, 0.6) is 5.75 Å².